The van der Waals surface area contributed by atoms with Crippen LogP contribution in [-0.4, -0.2) is 19.5 Å². The van der Waals surface area contributed by atoms with Crippen molar-refractivity contribution < 1.29 is 5.11 Å². The van der Waals surface area contributed by atoms with Crippen LogP contribution in [0.25, 0.3) is 49.7 Å². The Morgan fingerprint density at radius 3 is 1.97 bits per heavy atom. The minimum absolute atomic E-state index is 0.139. The van der Waals surface area contributed by atoms with Gasteiger partial charge in [-0.15, -0.1) is 0 Å². The number of aryl methyl sites for hydroxylation is 1. The Bertz CT molecular complexity index is 1600. The Balaban J connectivity index is 1.73. The van der Waals surface area contributed by atoms with Crippen molar-refractivity contribution in [1.29, 1.82) is 0 Å². The van der Waals surface area contributed by atoms with E-state index in [0.29, 0.717) is 11.3 Å². The third-order valence-electron chi connectivity index (χ3n) is 5.86. The lowest BCUT2D eigenvalue weighted by molar-refractivity contribution is 0.444. The molecule has 0 aliphatic rings. The van der Waals surface area contributed by atoms with Gasteiger partial charge in [0.15, 0.2) is 5.65 Å². The second kappa shape index (κ2) is 6.67. The molecule has 0 spiro atoms. The van der Waals surface area contributed by atoms with Crippen LogP contribution in [0.15, 0.2) is 91.1 Å². The predicted molar refractivity (Wildman–Crippen MR) is 125 cm³/mol. The monoisotopic (exact) mass is 401 g/mol. The van der Waals surface area contributed by atoms with Gasteiger partial charge in [0, 0.05) is 17.3 Å². The standard InChI is InChI=1S/C27H19N3O/c1-17-27(31)30-16-24(22-14-6-10-18-8-2-4-12-20(18)22)29-25(26(30)28-17)23-15-7-11-19-9-3-5-13-21(19)23/h2-16,31H,1H3. The van der Waals surface area contributed by atoms with Gasteiger partial charge in [0.2, 0.25) is 5.88 Å². The lowest BCUT2D eigenvalue weighted by Gasteiger charge is -2.12. The molecule has 4 aromatic carbocycles. The number of rotatable bonds is 2. The normalized spacial score (nSPS) is 11.5. The van der Waals surface area contributed by atoms with Gasteiger partial charge in [-0.1, -0.05) is 84.9 Å². The molecule has 1 N–H and O–H groups in total. The molecule has 0 radical (unpaired) electrons. The van der Waals surface area contributed by atoms with E-state index in [-0.39, 0.29) is 5.88 Å². The van der Waals surface area contributed by atoms with Gasteiger partial charge in [-0.05, 0) is 28.5 Å². The van der Waals surface area contributed by atoms with Crippen molar-refractivity contribution in [3.63, 3.8) is 0 Å². The van der Waals surface area contributed by atoms with E-state index in [1.165, 1.54) is 0 Å². The predicted octanol–water partition coefficient (Wildman–Crippen LogP) is 6.38. The van der Waals surface area contributed by atoms with E-state index in [1.54, 1.807) is 4.40 Å². The van der Waals surface area contributed by atoms with Crippen molar-refractivity contribution in [1.82, 2.24) is 14.4 Å². The lowest BCUT2D eigenvalue weighted by Crippen LogP contribution is -1.97. The third-order valence-corrected chi connectivity index (χ3v) is 5.86. The van der Waals surface area contributed by atoms with Gasteiger partial charge in [0.05, 0.1) is 5.69 Å². The molecule has 0 atom stereocenters. The zero-order chi connectivity index (χ0) is 20.9. The molecule has 0 unspecified atom stereocenters. The number of aromatic hydroxyl groups is 1. The second-order valence-electron chi connectivity index (χ2n) is 7.74. The van der Waals surface area contributed by atoms with E-state index in [0.717, 1.165) is 44.1 Å². The molecule has 31 heavy (non-hydrogen) atoms. The first-order valence-electron chi connectivity index (χ1n) is 10.3. The Kier molecular flexibility index (Phi) is 3.80. The SMILES string of the molecule is Cc1nc2c(-c3cccc4ccccc34)nc(-c3cccc4ccccc34)cn2c1O. The molecule has 2 aromatic heterocycles. The smallest absolute Gasteiger partial charge is 0.219 e. The van der Waals surface area contributed by atoms with Crippen molar-refractivity contribution in [2.45, 2.75) is 6.92 Å². The van der Waals surface area contributed by atoms with Crippen LogP contribution >= 0.6 is 0 Å². The van der Waals surface area contributed by atoms with Gasteiger partial charge < -0.3 is 5.11 Å². The van der Waals surface area contributed by atoms with Gasteiger partial charge in [-0.3, -0.25) is 4.40 Å². The van der Waals surface area contributed by atoms with Crippen LogP contribution in [0.1, 0.15) is 5.69 Å². The van der Waals surface area contributed by atoms with Crippen molar-refractivity contribution in [2.24, 2.45) is 0 Å². The Hall–Kier alpha value is -4.18. The number of fused-ring (bicyclic) bond motifs is 3. The van der Waals surface area contributed by atoms with E-state index < -0.39 is 0 Å². The lowest BCUT2D eigenvalue weighted by atomic mass is 10.0. The fraction of sp³-hybridized carbons (Fsp3) is 0.0370. The van der Waals surface area contributed by atoms with Crippen LogP contribution in [0.3, 0.4) is 0 Å². The molecular weight excluding hydrogens is 382 g/mol. The highest BCUT2D eigenvalue weighted by Gasteiger charge is 2.18. The minimum Gasteiger partial charge on any atom is -0.493 e. The van der Waals surface area contributed by atoms with Crippen LogP contribution in [0, 0.1) is 6.92 Å². The maximum Gasteiger partial charge on any atom is 0.219 e. The van der Waals surface area contributed by atoms with Gasteiger partial charge in [-0.25, -0.2) is 9.97 Å². The van der Waals surface area contributed by atoms with Crippen LogP contribution in [0.4, 0.5) is 0 Å². The quantitative estimate of drug-likeness (QED) is 0.366. The summed E-state index contributed by atoms with van der Waals surface area (Å²) in [6.07, 6.45) is 1.88. The average molecular weight is 401 g/mol. The summed E-state index contributed by atoms with van der Waals surface area (Å²) in [7, 11) is 0. The second-order valence-corrected chi connectivity index (χ2v) is 7.74. The van der Waals surface area contributed by atoms with Crippen LogP contribution in [0.5, 0.6) is 5.88 Å². The Morgan fingerprint density at radius 2 is 1.26 bits per heavy atom. The molecule has 4 heteroatoms. The molecule has 0 amide bonds. The molecule has 0 aliphatic heterocycles. The summed E-state index contributed by atoms with van der Waals surface area (Å²) in [6.45, 7) is 1.81. The number of hydrogen-bond acceptors (Lipinski definition) is 3. The van der Waals surface area contributed by atoms with Gasteiger partial charge in [0.1, 0.15) is 11.4 Å². The number of nitrogens with zero attached hydrogens (tertiary/aromatic N) is 3. The maximum absolute atomic E-state index is 10.7. The first kappa shape index (κ1) is 17.7. The molecule has 6 aromatic rings. The van der Waals surface area contributed by atoms with Crippen LogP contribution < -0.4 is 0 Å². The van der Waals surface area contributed by atoms with E-state index in [1.807, 2.05) is 49.5 Å². The minimum atomic E-state index is 0.139. The van der Waals surface area contributed by atoms with E-state index >= 15 is 0 Å². The van der Waals surface area contributed by atoms with Gasteiger partial charge in [-0.2, -0.15) is 0 Å². The molecule has 6 rings (SSSR count). The summed E-state index contributed by atoms with van der Waals surface area (Å²) in [6, 6.07) is 29.0. The molecule has 4 nitrogen and oxygen atoms in total. The van der Waals surface area contributed by atoms with Gasteiger partial charge in [0.25, 0.3) is 0 Å². The molecule has 0 aliphatic carbocycles. The molecule has 0 saturated heterocycles. The third kappa shape index (κ3) is 2.69. The zero-order valence-electron chi connectivity index (χ0n) is 16.9. The molecule has 0 bridgehead atoms. The molecule has 0 fully saturated rings. The first-order valence-corrected chi connectivity index (χ1v) is 10.3. The summed E-state index contributed by atoms with van der Waals surface area (Å²) >= 11 is 0. The molecule has 148 valence electrons. The summed E-state index contributed by atoms with van der Waals surface area (Å²) < 4.78 is 1.75. The van der Waals surface area contributed by atoms with Crippen molar-refractivity contribution in [2.75, 3.05) is 0 Å². The summed E-state index contributed by atoms with van der Waals surface area (Å²) in [5.41, 5.74) is 4.79. The summed E-state index contributed by atoms with van der Waals surface area (Å²) in [4.78, 5) is 9.75. The topological polar surface area (TPSA) is 50.4 Å². The molecule has 0 saturated carbocycles. The van der Waals surface area contributed by atoms with E-state index in [2.05, 4.69) is 53.5 Å². The number of benzene rings is 4. The summed E-state index contributed by atoms with van der Waals surface area (Å²) in [5, 5.41) is 15.3. The number of hydrogen-bond donors (Lipinski definition) is 1. The highest BCUT2D eigenvalue weighted by molar-refractivity contribution is 6.00. The largest absolute Gasteiger partial charge is 0.493 e. The highest BCUT2D eigenvalue weighted by Crippen LogP contribution is 2.35. The summed E-state index contributed by atoms with van der Waals surface area (Å²) in [5.74, 6) is 0.139. The fourth-order valence-corrected chi connectivity index (χ4v) is 4.34. The van der Waals surface area contributed by atoms with Crippen molar-refractivity contribution in [3.05, 3.63) is 96.8 Å². The number of aromatic nitrogens is 3. The average Bonchev–Trinajstić information content (AvgIpc) is 3.11. The zero-order valence-corrected chi connectivity index (χ0v) is 16.9. The number of imidazole rings is 1. The van der Waals surface area contributed by atoms with E-state index in [4.69, 9.17) is 4.98 Å². The Morgan fingerprint density at radius 1 is 0.677 bits per heavy atom. The van der Waals surface area contributed by atoms with Crippen LogP contribution in [-0.2, 0) is 0 Å². The maximum atomic E-state index is 10.7. The highest BCUT2D eigenvalue weighted by atomic mass is 16.3. The van der Waals surface area contributed by atoms with Gasteiger partial charge >= 0.3 is 0 Å². The molecular formula is C27H19N3O. The van der Waals surface area contributed by atoms with Crippen molar-refractivity contribution in [3.8, 4) is 28.4 Å². The van der Waals surface area contributed by atoms with Crippen molar-refractivity contribution >= 4 is 27.2 Å². The van der Waals surface area contributed by atoms with E-state index in [9.17, 15) is 5.11 Å². The fourth-order valence-electron chi connectivity index (χ4n) is 4.34. The molecule has 2 heterocycles. The van der Waals surface area contributed by atoms with Crippen LogP contribution in [0.2, 0.25) is 0 Å². The Labute approximate surface area is 179 Å². The first-order chi connectivity index (χ1) is 15.2.